The van der Waals surface area contributed by atoms with Gasteiger partial charge in [0.1, 0.15) is 0 Å². The highest BCUT2D eigenvalue weighted by atomic mass is 15.1. The third-order valence-corrected chi connectivity index (χ3v) is 4.88. The molecule has 1 heterocycles. The maximum atomic E-state index is 2.54. The molecule has 0 radical (unpaired) electrons. The van der Waals surface area contributed by atoms with Gasteiger partial charge in [-0.3, -0.25) is 0 Å². The molecule has 3 rings (SSSR count). The molecule has 0 saturated heterocycles. The van der Waals surface area contributed by atoms with Crippen LogP contribution in [-0.2, 0) is 0 Å². The normalized spacial score (nSPS) is 14.1. The average molecular weight is 305 g/mol. The fourth-order valence-corrected chi connectivity index (χ4v) is 3.43. The number of nitrogens with zero attached hydrogens (tertiary/aromatic N) is 1. The van der Waals surface area contributed by atoms with Crippen molar-refractivity contribution in [2.75, 3.05) is 11.4 Å². The van der Waals surface area contributed by atoms with Crippen LogP contribution >= 0.6 is 0 Å². The number of fused-ring (bicyclic) bond motifs is 2. The Morgan fingerprint density at radius 1 is 0.826 bits per heavy atom. The van der Waals surface area contributed by atoms with E-state index in [0.717, 1.165) is 12.5 Å². The number of hydrogen-bond donors (Lipinski definition) is 0. The Morgan fingerprint density at radius 2 is 1.39 bits per heavy atom. The second kappa shape index (κ2) is 7.50. The Bertz CT molecular complexity index is 622. The minimum Gasteiger partial charge on any atom is -0.340 e. The Balaban J connectivity index is 1.98. The molecule has 0 amide bonds. The lowest BCUT2D eigenvalue weighted by Crippen LogP contribution is -2.25. The standard InChI is InChI=1S/C22H27N/c1-3-5-10-18(4-2)17-23-21-13-8-6-11-19(21)15-16-20-12-7-9-14-22(20)23/h6-9,11-16,18H,3-5,10,17H2,1-2H3. The van der Waals surface area contributed by atoms with Crippen LogP contribution in [0.2, 0.25) is 0 Å². The highest BCUT2D eigenvalue weighted by Gasteiger charge is 2.20. The van der Waals surface area contributed by atoms with Crippen LogP contribution in [0.25, 0.3) is 12.2 Å². The van der Waals surface area contributed by atoms with Crippen molar-refractivity contribution in [3.63, 3.8) is 0 Å². The summed E-state index contributed by atoms with van der Waals surface area (Å²) in [5.41, 5.74) is 5.30. The van der Waals surface area contributed by atoms with Gasteiger partial charge < -0.3 is 4.90 Å². The van der Waals surface area contributed by atoms with Crippen molar-refractivity contribution in [2.24, 2.45) is 5.92 Å². The van der Waals surface area contributed by atoms with Gasteiger partial charge in [0, 0.05) is 17.9 Å². The fraction of sp³-hybridized carbons (Fsp3) is 0.364. The predicted octanol–water partition coefficient (Wildman–Crippen LogP) is 6.52. The molecular formula is C22H27N. The third kappa shape index (κ3) is 3.50. The maximum absolute atomic E-state index is 2.54. The first-order valence-electron chi connectivity index (χ1n) is 8.97. The molecule has 0 aliphatic carbocycles. The zero-order valence-electron chi connectivity index (χ0n) is 14.3. The minimum atomic E-state index is 0.745. The number of hydrogen-bond acceptors (Lipinski definition) is 1. The summed E-state index contributed by atoms with van der Waals surface area (Å²) in [4.78, 5) is 2.54. The first-order valence-corrected chi connectivity index (χ1v) is 8.97. The quantitative estimate of drug-likeness (QED) is 0.587. The zero-order chi connectivity index (χ0) is 16.1. The van der Waals surface area contributed by atoms with E-state index < -0.39 is 0 Å². The molecule has 1 aliphatic heterocycles. The molecule has 23 heavy (non-hydrogen) atoms. The van der Waals surface area contributed by atoms with Crippen molar-refractivity contribution in [3.05, 3.63) is 59.7 Å². The summed E-state index contributed by atoms with van der Waals surface area (Å²) in [6, 6.07) is 17.5. The summed E-state index contributed by atoms with van der Waals surface area (Å²) in [6.07, 6.45) is 9.68. The summed E-state index contributed by atoms with van der Waals surface area (Å²) in [7, 11) is 0. The molecule has 2 aromatic carbocycles. The predicted molar refractivity (Wildman–Crippen MR) is 102 cm³/mol. The van der Waals surface area contributed by atoms with Crippen LogP contribution < -0.4 is 4.90 Å². The lowest BCUT2D eigenvalue weighted by atomic mass is 9.97. The van der Waals surface area contributed by atoms with Crippen LogP contribution in [0, 0.1) is 5.92 Å². The zero-order valence-corrected chi connectivity index (χ0v) is 14.3. The summed E-state index contributed by atoms with van der Waals surface area (Å²) in [5, 5.41) is 0. The van der Waals surface area contributed by atoms with E-state index in [1.807, 2.05) is 0 Å². The van der Waals surface area contributed by atoms with Crippen LogP contribution in [0.15, 0.2) is 48.5 Å². The molecule has 1 nitrogen and oxygen atoms in total. The molecule has 0 fully saturated rings. The van der Waals surface area contributed by atoms with Gasteiger partial charge >= 0.3 is 0 Å². The molecule has 1 atom stereocenters. The molecule has 0 bridgehead atoms. The number of benzene rings is 2. The van der Waals surface area contributed by atoms with Crippen molar-refractivity contribution in [2.45, 2.75) is 39.5 Å². The van der Waals surface area contributed by atoms with E-state index in [-0.39, 0.29) is 0 Å². The largest absolute Gasteiger partial charge is 0.340 e. The molecule has 0 N–H and O–H groups in total. The van der Waals surface area contributed by atoms with Gasteiger partial charge in [0.2, 0.25) is 0 Å². The summed E-state index contributed by atoms with van der Waals surface area (Å²) in [6.45, 7) is 5.72. The monoisotopic (exact) mass is 305 g/mol. The van der Waals surface area contributed by atoms with Gasteiger partial charge in [-0.25, -0.2) is 0 Å². The Labute approximate surface area is 140 Å². The van der Waals surface area contributed by atoms with Crippen molar-refractivity contribution < 1.29 is 0 Å². The molecular weight excluding hydrogens is 278 g/mol. The van der Waals surface area contributed by atoms with Gasteiger partial charge in [0.05, 0.1) is 0 Å². The van der Waals surface area contributed by atoms with E-state index in [2.05, 4.69) is 79.4 Å². The lowest BCUT2D eigenvalue weighted by molar-refractivity contribution is 0.458. The molecule has 1 aliphatic rings. The Morgan fingerprint density at radius 3 is 1.91 bits per heavy atom. The van der Waals surface area contributed by atoms with E-state index in [4.69, 9.17) is 0 Å². The van der Waals surface area contributed by atoms with Gasteiger partial charge in [-0.2, -0.15) is 0 Å². The van der Waals surface area contributed by atoms with Crippen LogP contribution in [0.5, 0.6) is 0 Å². The van der Waals surface area contributed by atoms with Crippen molar-refractivity contribution in [1.82, 2.24) is 0 Å². The van der Waals surface area contributed by atoms with Gasteiger partial charge in [-0.1, -0.05) is 81.7 Å². The van der Waals surface area contributed by atoms with Crippen LogP contribution in [-0.4, -0.2) is 6.54 Å². The van der Waals surface area contributed by atoms with E-state index in [1.54, 1.807) is 0 Å². The molecule has 0 saturated carbocycles. The van der Waals surface area contributed by atoms with Crippen LogP contribution in [0.1, 0.15) is 50.7 Å². The molecule has 1 heteroatoms. The van der Waals surface area contributed by atoms with Crippen LogP contribution in [0.4, 0.5) is 11.4 Å². The lowest BCUT2D eigenvalue weighted by Gasteiger charge is -2.30. The highest BCUT2D eigenvalue weighted by molar-refractivity contribution is 5.88. The van der Waals surface area contributed by atoms with Gasteiger partial charge in [0.15, 0.2) is 0 Å². The van der Waals surface area contributed by atoms with E-state index >= 15 is 0 Å². The van der Waals surface area contributed by atoms with Gasteiger partial charge in [0.25, 0.3) is 0 Å². The first-order chi connectivity index (χ1) is 11.3. The smallest absolute Gasteiger partial charge is 0.0484 e. The Hall–Kier alpha value is -2.02. The van der Waals surface area contributed by atoms with Gasteiger partial charge in [-0.15, -0.1) is 0 Å². The van der Waals surface area contributed by atoms with Crippen LogP contribution in [0.3, 0.4) is 0 Å². The summed E-state index contributed by atoms with van der Waals surface area (Å²) in [5.74, 6) is 0.745. The summed E-state index contributed by atoms with van der Waals surface area (Å²) >= 11 is 0. The number of rotatable bonds is 6. The molecule has 0 spiro atoms. The second-order valence-electron chi connectivity index (χ2n) is 6.48. The molecule has 0 aromatic heterocycles. The fourth-order valence-electron chi connectivity index (χ4n) is 3.43. The Kier molecular flexibility index (Phi) is 5.17. The van der Waals surface area contributed by atoms with Crippen molar-refractivity contribution in [3.8, 4) is 0 Å². The van der Waals surface area contributed by atoms with Crippen molar-refractivity contribution in [1.29, 1.82) is 0 Å². The molecule has 120 valence electrons. The number of para-hydroxylation sites is 2. The number of unbranched alkanes of at least 4 members (excludes halogenated alkanes) is 1. The summed E-state index contributed by atoms with van der Waals surface area (Å²) < 4.78 is 0. The molecule has 1 unspecified atom stereocenters. The maximum Gasteiger partial charge on any atom is 0.0484 e. The SMILES string of the molecule is CCCCC(CC)CN1c2ccccc2C=Cc2ccccc21. The van der Waals surface area contributed by atoms with E-state index in [0.29, 0.717) is 0 Å². The van der Waals surface area contributed by atoms with E-state index in [1.165, 1.54) is 48.2 Å². The second-order valence-corrected chi connectivity index (χ2v) is 6.48. The average Bonchev–Trinajstić information content (AvgIpc) is 2.76. The third-order valence-electron chi connectivity index (χ3n) is 4.88. The first kappa shape index (κ1) is 15.9. The van der Waals surface area contributed by atoms with E-state index in [9.17, 15) is 0 Å². The van der Waals surface area contributed by atoms with Gasteiger partial charge in [-0.05, 0) is 35.6 Å². The number of anilines is 2. The highest BCUT2D eigenvalue weighted by Crippen LogP contribution is 2.37. The molecule has 2 aromatic rings. The minimum absolute atomic E-state index is 0.745. The van der Waals surface area contributed by atoms with Crippen molar-refractivity contribution >= 4 is 23.5 Å². The topological polar surface area (TPSA) is 3.24 Å².